The first kappa shape index (κ1) is 15.0. The minimum Gasteiger partial charge on any atom is -0.352 e. The van der Waals surface area contributed by atoms with Gasteiger partial charge < -0.3 is 16.4 Å². The molecule has 0 saturated carbocycles. The smallest absolute Gasteiger partial charge is 0.312 e. The summed E-state index contributed by atoms with van der Waals surface area (Å²) in [4.78, 5) is 23.1. The maximum Gasteiger partial charge on any atom is 0.312 e. The highest BCUT2D eigenvalue weighted by Crippen LogP contribution is 2.18. The number of nitrogens with two attached hydrogens (primary N) is 1. The number of urea groups is 1. The van der Waals surface area contributed by atoms with Crippen LogP contribution < -0.4 is 16.4 Å². The normalized spacial score (nSPS) is 12.1. The van der Waals surface area contributed by atoms with Gasteiger partial charge in [0.2, 0.25) is 5.91 Å². The fraction of sp³-hybridized carbons (Fsp3) is 0.429. The van der Waals surface area contributed by atoms with E-state index in [4.69, 9.17) is 5.73 Å². The number of anilines is 1. The summed E-state index contributed by atoms with van der Waals surface area (Å²) < 4.78 is 0. The molecular weight excluding hydrogens is 242 g/mol. The molecule has 3 amide bonds. The van der Waals surface area contributed by atoms with Crippen LogP contribution in [0.25, 0.3) is 0 Å². The molecule has 0 aromatic heterocycles. The van der Waals surface area contributed by atoms with E-state index in [1.807, 2.05) is 45.9 Å². The van der Waals surface area contributed by atoms with Crippen molar-refractivity contribution in [2.24, 2.45) is 11.7 Å². The van der Waals surface area contributed by atoms with Gasteiger partial charge in [0.15, 0.2) is 0 Å². The summed E-state index contributed by atoms with van der Waals surface area (Å²) in [6.07, 6.45) is 0. The molecule has 0 heterocycles. The molecule has 0 bridgehead atoms. The summed E-state index contributed by atoms with van der Waals surface area (Å²) in [6.45, 7) is 7.62. The minimum atomic E-state index is -0.699. The molecule has 0 fully saturated rings. The summed E-state index contributed by atoms with van der Waals surface area (Å²) in [6, 6.07) is 4.35. The standard InChI is InChI=1S/C14H21N3O2/c1-8(2)12(17-14(15)19)13(18)16-11-7-5-6-9(3)10(11)4/h5-8,12H,1-4H3,(H,16,18)(H3,15,17,19)/t12-/m0/s1. The summed E-state index contributed by atoms with van der Waals surface area (Å²) in [7, 11) is 0. The third kappa shape index (κ3) is 3.98. The molecule has 0 unspecified atom stereocenters. The van der Waals surface area contributed by atoms with Gasteiger partial charge in [0.05, 0.1) is 0 Å². The molecule has 1 aromatic carbocycles. The molecule has 5 heteroatoms. The Hall–Kier alpha value is -2.04. The van der Waals surface area contributed by atoms with Gasteiger partial charge in [-0.3, -0.25) is 4.79 Å². The molecule has 4 N–H and O–H groups in total. The average molecular weight is 263 g/mol. The Morgan fingerprint density at radius 1 is 1.21 bits per heavy atom. The van der Waals surface area contributed by atoms with Crippen LogP contribution >= 0.6 is 0 Å². The first-order valence-electron chi connectivity index (χ1n) is 6.26. The molecule has 1 atom stereocenters. The number of carbonyl (C=O) groups is 2. The molecule has 0 aliphatic carbocycles. The summed E-state index contributed by atoms with van der Waals surface area (Å²) in [5.41, 5.74) is 7.95. The lowest BCUT2D eigenvalue weighted by molar-refractivity contribution is -0.118. The summed E-state index contributed by atoms with van der Waals surface area (Å²) >= 11 is 0. The topological polar surface area (TPSA) is 84.2 Å². The molecule has 5 nitrogen and oxygen atoms in total. The molecule has 0 saturated heterocycles. The fourth-order valence-electron chi connectivity index (χ4n) is 1.79. The number of hydrogen-bond acceptors (Lipinski definition) is 2. The lowest BCUT2D eigenvalue weighted by Gasteiger charge is -2.21. The highest BCUT2D eigenvalue weighted by molar-refractivity contribution is 5.97. The quantitative estimate of drug-likeness (QED) is 0.775. The Morgan fingerprint density at radius 2 is 1.84 bits per heavy atom. The number of rotatable bonds is 4. The second kappa shape index (κ2) is 6.22. The third-order valence-electron chi connectivity index (χ3n) is 3.11. The van der Waals surface area contributed by atoms with Gasteiger partial charge in [-0.25, -0.2) is 4.79 Å². The SMILES string of the molecule is Cc1cccc(NC(=O)[C@@H](NC(N)=O)C(C)C)c1C. The van der Waals surface area contributed by atoms with Gasteiger partial charge >= 0.3 is 6.03 Å². The maximum atomic E-state index is 12.2. The zero-order valence-corrected chi connectivity index (χ0v) is 11.8. The number of amides is 3. The lowest BCUT2D eigenvalue weighted by atomic mass is 10.0. The highest BCUT2D eigenvalue weighted by atomic mass is 16.2. The minimum absolute atomic E-state index is 0.0439. The maximum absolute atomic E-state index is 12.2. The van der Waals surface area contributed by atoms with Crippen molar-refractivity contribution in [3.8, 4) is 0 Å². The van der Waals surface area contributed by atoms with Crippen LogP contribution in [0.4, 0.5) is 10.5 Å². The van der Waals surface area contributed by atoms with Crippen LogP contribution in [-0.2, 0) is 4.79 Å². The van der Waals surface area contributed by atoms with Gasteiger partial charge in [0.1, 0.15) is 6.04 Å². The number of benzene rings is 1. The second-order valence-electron chi connectivity index (χ2n) is 4.97. The van der Waals surface area contributed by atoms with Crippen molar-refractivity contribution in [3.63, 3.8) is 0 Å². The number of aryl methyl sites for hydroxylation is 1. The van der Waals surface area contributed by atoms with Gasteiger partial charge in [-0.15, -0.1) is 0 Å². The first-order chi connectivity index (χ1) is 8.82. The van der Waals surface area contributed by atoms with E-state index in [0.29, 0.717) is 0 Å². The van der Waals surface area contributed by atoms with Crippen LogP contribution in [0.2, 0.25) is 0 Å². The van der Waals surface area contributed by atoms with E-state index in [1.165, 1.54) is 0 Å². The Bertz CT molecular complexity index is 484. The second-order valence-corrected chi connectivity index (χ2v) is 4.97. The number of carbonyl (C=O) groups excluding carboxylic acids is 2. The molecule has 0 aliphatic rings. The number of primary amides is 1. The number of hydrogen-bond donors (Lipinski definition) is 3. The van der Waals surface area contributed by atoms with Gasteiger partial charge in [0.25, 0.3) is 0 Å². The largest absolute Gasteiger partial charge is 0.352 e. The van der Waals surface area contributed by atoms with Crippen molar-refractivity contribution < 1.29 is 9.59 Å². The summed E-state index contributed by atoms with van der Waals surface area (Å²) in [5, 5.41) is 5.29. The van der Waals surface area contributed by atoms with Crippen LogP contribution in [0.3, 0.4) is 0 Å². The van der Waals surface area contributed by atoms with Gasteiger partial charge in [-0.1, -0.05) is 26.0 Å². The molecule has 1 aromatic rings. The predicted molar refractivity (Wildman–Crippen MR) is 75.9 cm³/mol. The van der Waals surface area contributed by atoms with Crippen molar-refractivity contribution in [3.05, 3.63) is 29.3 Å². The van der Waals surface area contributed by atoms with E-state index in [0.717, 1.165) is 16.8 Å². The van der Waals surface area contributed by atoms with E-state index >= 15 is 0 Å². The zero-order valence-electron chi connectivity index (χ0n) is 11.8. The van der Waals surface area contributed by atoms with Crippen molar-refractivity contribution >= 4 is 17.6 Å². The monoisotopic (exact) mass is 263 g/mol. The van der Waals surface area contributed by atoms with Crippen LogP contribution in [0.5, 0.6) is 0 Å². The zero-order chi connectivity index (χ0) is 14.6. The third-order valence-corrected chi connectivity index (χ3v) is 3.11. The Kier molecular flexibility index (Phi) is 4.92. The van der Waals surface area contributed by atoms with Crippen molar-refractivity contribution in [2.75, 3.05) is 5.32 Å². The highest BCUT2D eigenvalue weighted by Gasteiger charge is 2.23. The average Bonchev–Trinajstić information content (AvgIpc) is 2.31. The Morgan fingerprint density at radius 3 is 2.37 bits per heavy atom. The molecule has 1 rings (SSSR count). The van der Waals surface area contributed by atoms with Crippen molar-refractivity contribution in [2.45, 2.75) is 33.7 Å². The molecule has 0 spiro atoms. The van der Waals surface area contributed by atoms with Crippen molar-refractivity contribution in [1.82, 2.24) is 5.32 Å². The van der Waals surface area contributed by atoms with E-state index in [1.54, 1.807) is 0 Å². The van der Waals surface area contributed by atoms with E-state index in [-0.39, 0.29) is 11.8 Å². The molecule has 19 heavy (non-hydrogen) atoms. The summed E-state index contributed by atoms with van der Waals surface area (Å²) in [5.74, 6) is -0.305. The first-order valence-corrected chi connectivity index (χ1v) is 6.26. The van der Waals surface area contributed by atoms with Crippen LogP contribution in [0.1, 0.15) is 25.0 Å². The van der Waals surface area contributed by atoms with Gasteiger partial charge in [0, 0.05) is 5.69 Å². The van der Waals surface area contributed by atoms with Gasteiger partial charge in [-0.05, 0) is 37.0 Å². The Balaban J connectivity index is 2.87. The molecular formula is C14H21N3O2. The fourth-order valence-corrected chi connectivity index (χ4v) is 1.79. The van der Waals surface area contributed by atoms with Crippen LogP contribution in [0, 0.1) is 19.8 Å². The van der Waals surface area contributed by atoms with Crippen LogP contribution in [-0.4, -0.2) is 18.0 Å². The molecule has 0 aliphatic heterocycles. The number of nitrogens with one attached hydrogen (secondary N) is 2. The predicted octanol–water partition coefficient (Wildman–Crippen LogP) is 1.93. The van der Waals surface area contributed by atoms with Crippen LogP contribution in [0.15, 0.2) is 18.2 Å². The van der Waals surface area contributed by atoms with E-state index in [2.05, 4.69) is 10.6 Å². The lowest BCUT2D eigenvalue weighted by Crippen LogP contribution is -2.49. The Labute approximate surface area is 113 Å². The van der Waals surface area contributed by atoms with E-state index in [9.17, 15) is 9.59 Å². The van der Waals surface area contributed by atoms with E-state index < -0.39 is 12.1 Å². The molecule has 0 radical (unpaired) electrons. The van der Waals surface area contributed by atoms with Crippen molar-refractivity contribution in [1.29, 1.82) is 0 Å². The molecule has 104 valence electrons. The van der Waals surface area contributed by atoms with Gasteiger partial charge in [-0.2, -0.15) is 0 Å².